The lowest BCUT2D eigenvalue weighted by Gasteiger charge is -2.25. The monoisotopic (exact) mass is 276 g/mol. The second-order valence-corrected chi connectivity index (χ2v) is 9.63. The summed E-state index contributed by atoms with van der Waals surface area (Å²) in [5.41, 5.74) is 0.662. The van der Waals surface area contributed by atoms with Gasteiger partial charge in [0, 0.05) is 0 Å². The Morgan fingerprint density at radius 2 is 1.10 bits per heavy atom. The van der Waals surface area contributed by atoms with Crippen LogP contribution in [0.4, 0.5) is 0 Å². The predicted octanol–water partition coefficient (Wildman–Crippen LogP) is 6.16. The first-order valence-corrected chi connectivity index (χ1v) is 9.38. The van der Waals surface area contributed by atoms with E-state index in [1.54, 1.807) is 0 Å². The Morgan fingerprint density at radius 3 is 1.70 bits per heavy atom. The summed E-state index contributed by atoms with van der Waals surface area (Å²) in [5, 5.41) is 0. The molecule has 0 nitrogen and oxygen atoms in total. The molecule has 0 saturated heterocycles. The highest BCUT2D eigenvalue weighted by Gasteiger charge is 2.56. The highest BCUT2D eigenvalue weighted by molar-refractivity contribution is 5.05. The standard InChI is InChI=1S/C20H36/c1-13-6-7-18-19(20(18,4)5)12-15(3)11-17-10-14(2)9-16(17)8-13/h13-19H,6-12H2,1-5H3. The van der Waals surface area contributed by atoms with Crippen molar-refractivity contribution in [1.29, 1.82) is 0 Å². The maximum Gasteiger partial charge on any atom is -0.0292 e. The molecule has 3 saturated carbocycles. The zero-order chi connectivity index (χ0) is 14.5. The van der Waals surface area contributed by atoms with Crippen LogP contribution in [0.2, 0.25) is 0 Å². The molecular formula is C20H36. The van der Waals surface area contributed by atoms with Crippen molar-refractivity contribution in [1.82, 2.24) is 0 Å². The molecule has 0 N–H and O–H groups in total. The first-order valence-electron chi connectivity index (χ1n) is 9.38. The molecule has 3 aliphatic rings. The molecule has 3 rings (SSSR count). The number of fused-ring (bicyclic) bond motifs is 2. The van der Waals surface area contributed by atoms with E-state index in [4.69, 9.17) is 0 Å². The first-order chi connectivity index (χ1) is 9.38. The molecule has 0 aromatic rings. The smallest absolute Gasteiger partial charge is 0.0292 e. The minimum Gasteiger partial charge on any atom is -0.0625 e. The molecule has 0 aromatic heterocycles. The molecule has 0 heteroatoms. The van der Waals surface area contributed by atoms with Crippen molar-refractivity contribution in [3.8, 4) is 0 Å². The Morgan fingerprint density at radius 1 is 0.600 bits per heavy atom. The van der Waals surface area contributed by atoms with Gasteiger partial charge in [0.2, 0.25) is 0 Å². The van der Waals surface area contributed by atoms with Crippen LogP contribution in [0.15, 0.2) is 0 Å². The van der Waals surface area contributed by atoms with Crippen molar-refractivity contribution in [2.75, 3.05) is 0 Å². The molecule has 0 bridgehead atoms. The van der Waals surface area contributed by atoms with Crippen molar-refractivity contribution in [3.05, 3.63) is 0 Å². The fourth-order valence-corrected chi connectivity index (χ4v) is 6.14. The largest absolute Gasteiger partial charge is 0.0625 e. The molecular weight excluding hydrogens is 240 g/mol. The van der Waals surface area contributed by atoms with Gasteiger partial charge in [0.05, 0.1) is 0 Å². The van der Waals surface area contributed by atoms with Gasteiger partial charge < -0.3 is 0 Å². The molecule has 7 atom stereocenters. The fourth-order valence-electron chi connectivity index (χ4n) is 6.14. The zero-order valence-corrected chi connectivity index (χ0v) is 14.5. The van der Waals surface area contributed by atoms with E-state index < -0.39 is 0 Å². The Labute approximate surface area is 127 Å². The van der Waals surface area contributed by atoms with Gasteiger partial charge in [-0.25, -0.2) is 0 Å². The Balaban J connectivity index is 1.70. The molecule has 3 fully saturated rings. The van der Waals surface area contributed by atoms with E-state index >= 15 is 0 Å². The van der Waals surface area contributed by atoms with Gasteiger partial charge in [0.15, 0.2) is 0 Å². The Kier molecular flexibility index (Phi) is 3.97. The maximum absolute atomic E-state index is 2.55. The van der Waals surface area contributed by atoms with E-state index in [0.717, 1.165) is 41.4 Å². The van der Waals surface area contributed by atoms with Crippen LogP contribution in [0.3, 0.4) is 0 Å². The minimum absolute atomic E-state index is 0.662. The van der Waals surface area contributed by atoms with Gasteiger partial charge in [-0.15, -0.1) is 0 Å². The summed E-state index contributed by atoms with van der Waals surface area (Å²) in [6, 6.07) is 0. The molecule has 0 amide bonds. The lowest BCUT2D eigenvalue weighted by Crippen LogP contribution is -2.15. The van der Waals surface area contributed by atoms with Crippen LogP contribution in [0.25, 0.3) is 0 Å². The topological polar surface area (TPSA) is 0 Å². The van der Waals surface area contributed by atoms with E-state index in [1.165, 1.54) is 44.9 Å². The normalized spacial score (nSPS) is 51.8. The molecule has 0 aliphatic heterocycles. The predicted molar refractivity (Wildman–Crippen MR) is 87.6 cm³/mol. The highest BCUT2D eigenvalue weighted by atomic mass is 14.6. The van der Waals surface area contributed by atoms with Gasteiger partial charge in [-0.3, -0.25) is 0 Å². The average molecular weight is 277 g/mol. The molecule has 7 unspecified atom stereocenters. The quantitative estimate of drug-likeness (QED) is 0.497. The van der Waals surface area contributed by atoms with Crippen LogP contribution in [-0.4, -0.2) is 0 Å². The lowest BCUT2D eigenvalue weighted by atomic mass is 9.80. The molecule has 0 spiro atoms. The SMILES string of the molecule is CC1CCC2C(CC(C)CC3CC(C)CC3C1)C2(C)C. The average Bonchev–Trinajstić information content (AvgIpc) is 2.65. The summed E-state index contributed by atoms with van der Waals surface area (Å²) in [5.74, 6) is 7.14. The summed E-state index contributed by atoms with van der Waals surface area (Å²) in [4.78, 5) is 0. The number of hydrogen-bond acceptors (Lipinski definition) is 0. The van der Waals surface area contributed by atoms with Crippen molar-refractivity contribution in [2.24, 2.45) is 46.8 Å². The summed E-state index contributed by atoms with van der Waals surface area (Å²) in [7, 11) is 0. The summed E-state index contributed by atoms with van der Waals surface area (Å²) in [6.45, 7) is 12.6. The number of hydrogen-bond donors (Lipinski definition) is 0. The van der Waals surface area contributed by atoms with Gasteiger partial charge in [-0.05, 0) is 85.4 Å². The van der Waals surface area contributed by atoms with Crippen LogP contribution in [0.5, 0.6) is 0 Å². The van der Waals surface area contributed by atoms with Gasteiger partial charge >= 0.3 is 0 Å². The van der Waals surface area contributed by atoms with Crippen molar-refractivity contribution in [2.45, 2.75) is 79.6 Å². The molecule has 0 radical (unpaired) electrons. The van der Waals surface area contributed by atoms with E-state index in [2.05, 4.69) is 34.6 Å². The first kappa shape index (κ1) is 14.9. The second kappa shape index (κ2) is 5.33. The third-order valence-electron chi connectivity index (χ3n) is 7.40. The van der Waals surface area contributed by atoms with E-state index in [0.29, 0.717) is 5.41 Å². The van der Waals surface area contributed by atoms with Crippen molar-refractivity contribution in [3.63, 3.8) is 0 Å². The van der Waals surface area contributed by atoms with Gasteiger partial charge in [-0.1, -0.05) is 41.0 Å². The fraction of sp³-hybridized carbons (Fsp3) is 1.00. The lowest BCUT2D eigenvalue weighted by molar-refractivity contribution is 0.254. The highest BCUT2D eigenvalue weighted by Crippen LogP contribution is 2.63. The molecule has 116 valence electrons. The number of rotatable bonds is 0. The van der Waals surface area contributed by atoms with Gasteiger partial charge in [0.25, 0.3) is 0 Å². The van der Waals surface area contributed by atoms with Crippen molar-refractivity contribution >= 4 is 0 Å². The second-order valence-electron chi connectivity index (χ2n) is 9.63. The Hall–Kier alpha value is 0. The van der Waals surface area contributed by atoms with Crippen molar-refractivity contribution < 1.29 is 0 Å². The summed E-state index contributed by atoms with van der Waals surface area (Å²) in [6.07, 6.45) is 10.6. The maximum atomic E-state index is 2.55. The minimum atomic E-state index is 0.662. The van der Waals surface area contributed by atoms with Gasteiger partial charge in [0.1, 0.15) is 0 Å². The zero-order valence-electron chi connectivity index (χ0n) is 14.5. The molecule has 0 aromatic carbocycles. The molecule has 0 heterocycles. The summed E-state index contributed by atoms with van der Waals surface area (Å²) >= 11 is 0. The third kappa shape index (κ3) is 2.81. The Bertz CT molecular complexity index is 342. The van der Waals surface area contributed by atoms with E-state index in [1.807, 2.05) is 0 Å². The van der Waals surface area contributed by atoms with Crippen LogP contribution < -0.4 is 0 Å². The van der Waals surface area contributed by atoms with Gasteiger partial charge in [-0.2, -0.15) is 0 Å². The van der Waals surface area contributed by atoms with Crippen LogP contribution in [-0.2, 0) is 0 Å². The molecule has 3 aliphatic carbocycles. The van der Waals surface area contributed by atoms with E-state index in [-0.39, 0.29) is 0 Å². The molecule has 20 heavy (non-hydrogen) atoms. The van der Waals surface area contributed by atoms with Crippen LogP contribution in [0.1, 0.15) is 79.6 Å². The van der Waals surface area contributed by atoms with E-state index in [9.17, 15) is 0 Å². The summed E-state index contributed by atoms with van der Waals surface area (Å²) < 4.78 is 0. The van der Waals surface area contributed by atoms with Crippen LogP contribution in [0, 0.1) is 46.8 Å². The van der Waals surface area contributed by atoms with Crippen LogP contribution >= 0.6 is 0 Å². The third-order valence-corrected chi connectivity index (χ3v) is 7.40.